The Morgan fingerprint density at radius 1 is 0.882 bits per heavy atom. The third kappa shape index (κ3) is 5.12. The van der Waals surface area contributed by atoms with Gasteiger partial charge >= 0.3 is 0 Å². The van der Waals surface area contributed by atoms with Crippen LogP contribution >= 0.6 is 0 Å². The molecule has 6 nitrogen and oxygen atoms in total. The van der Waals surface area contributed by atoms with Crippen LogP contribution in [0.15, 0.2) is 78.9 Å². The van der Waals surface area contributed by atoms with Crippen molar-refractivity contribution in [3.63, 3.8) is 0 Å². The highest BCUT2D eigenvalue weighted by Crippen LogP contribution is 2.27. The van der Waals surface area contributed by atoms with E-state index in [1.54, 1.807) is 6.07 Å². The zero-order chi connectivity index (χ0) is 23.3. The molecule has 0 radical (unpaired) electrons. The van der Waals surface area contributed by atoms with Gasteiger partial charge in [0, 0.05) is 29.9 Å². The molecule has 0 unspecified atom stereocenters. The average molecular weight is 452 g/mol. The Kier molecular flexibility index (Phi) is 6.29. The summed E-state index contributed by atoms with van der Waals surface area (Å²) in [6.45, 7) is 0.825. The second-order valence-corrected chi connectivity index (χ2v) is 8.75. The number of hydrogen-bond donors (Lipinski definition) is 4. The number of phenolic OH excluding ortho intramolecular Hbond substituents is 1. The molecule has 1 aliphatic rings. The SMILES string of the molecule is Nc1nc(NC2Cc3ccccc3C2)cc(-c2ccc(NCCCc3ccccc3O)cc2)n1. The van der Waals surface area contributed by atoms with Gasteiger partial charge in [0.15, 0.2) is 0 Å². The molecule has 5 N–H and O–H groups in total. The van der Waals surface area contributed by atoms with Crippen molar-refractivity contribution >= 4 is 17.5 Å². The Balaban J connectivity index is 1.19. The van der Waals surface area contributed by atoms with E-state index in [1.807, 2.05) is 48.5 Å². The van der Waals surface area contributed by atoms with Gasteiger partial charge in [0.1, 0.15) is 11.6 Å². The fourth-order valence-electron chi connectivity index (χ4n) is 4.55. The summed E-state index contributed by atoms with van der Waals surface area (Å²) in [5, 5.41) is 16.9. The van der Waals surface area contributed by atoms with E-state index in [2.05, 4.69) is 44.9 Å². The first-order valence-electron chi connectivity index (χ1n) is 11.7. The number of nitrogens with two attached hydrogens (primary N) is 1. The van der Waals surface area contributed by atoms with Gasteiger partial charge < -0.3 is 21.5 Å². The molecule has 0 spiro atoms. The molecule has 172 valence electrons. The molecule has 0 saturated heterocycles. The van der Waals surface area contributed by atoms with Crippen molar-refractivity contribution in [3.8, 4) is 17.0 Å². The maximum absolute atomic E-state index is 9.88. The molecule has 1 aromatic heterocycles. The van der Waals surface area contributed by atoms with Crippen molar-refractivity contribution in [2.45, 2.75) is 31.7 Å². The van der Waals surface area contributed by atoms with Crippen molar-refractivity contribution < 1.29 is 5.11 Å². The van der Waals surface area contributed by atoms with Gasteiger partial charge in [-0.25, -0.2) is 4.98 Å². The van der Waals surface area contributed by atoms with E-state index in [0.29, 0.717) is 11.8 Å². The van der Waals surface area contributed by atoms with Crippen molar-refractivity contribution in [1.29, 1.82) is 0 Å². The maximum Gasteiger partial charge on any atom is 0.222 e. The predicted molar refractivity (Wildman–Crippen MR) is 138 cm³/mol. The lowest BCUT2D eigenvalue weighted by Gasteiger charge is -2.14. The summed E-state index contributed by atoms with van der Waals surface area (Å²) in [4.78, 5) is 8.86. The zero-order valence-corrected chi connectivity index (χ0v) is 19.0. The van der Waals surface area contributed by atoms with Crippen LogP contribution in [-0.4, -0.2) is 27.7 Å². The monoisotopic (exact) mass is 451 g/mol. The number of para-hydroxylation sites is 1. The number of benzene rings is 3. The van der Waals surface area contributed by atoms with Gasteiger partial charge in [0.25, 0.3) is 0 Å². The highest BCUT2D eigenvalue weighted by atomic mass is 16.3. The molecule has 4 aromatic rings. The lowest BCUT2D eigenvalue weighted by Crippen LogP contribution is -2.20. The molecule has 3 aromatic carbocycles. The van der Waals surface area contributed by atoms with Gasteiger partial charge in [-0.05, 0) is 60.6 Å². The Morgan fingerprint density at radius 2 is 1.59 bits per heavy atom. The Bertz CT molecular complexity index is 1250. The Labute approximate surface area is 199 Å². The summed E-state index contributed by atoms with van der Waals surface area (Å²) >= 11 is 0. The van der Waals surface area contributed by atoms with Crippen LogP contribution in [0.25, 0.3) is 11.3 Å². The second kappa shape index (κ2) is 9.83. The molecular weight excluding hydrogens is 422 g/mol. The lowest BCUT2D eigenvalue weighted by molar-refractivity contribution is 0.467. The predicted octanol–water partition coefficient (Wildman–Crippen LogP) is 5.06. The van der Waals surface area contributed by atoms with Crippen molar-refractivity contribution in [3.05, 3.63) is 95.6 Å². The first-order valence-corrected chi connectivity index (χ1v) is 11.7. The number of phenols is 1. The van der Waals surface area contributed by atoms with E-state index in [0.717, 1.165) is 60.6 Å². The molecule has 6 heteroatoms. The van der Waals surface area contributed by atoms with Gasteiger partial charge in [0.05, 0.1) is 5.69 Å². The third-order valence-electron chi connectivity index (χ3n) is 6.27. The molecule has 0 bridgehead atoms. The average Bonchev–Trinajstić information content (AvgIpc) is 3.25. The van der Waals surface area contributed by atoms with E-state index in [-0.39, 0.29) is 5.95 Å². The first-order chi connectivity index (χ1) is 16.6. The highest BCUT2D eigenvalue weighted by molar-refractivity contribution is 5.66. The van der Waals surface area contributed by atoms with Crippen LogP contribution in [0.5, 0.6) is 5.75 Å². The van der Waals surface area contributed by atoms with Crippen LogP contribution in [0.3, 0.4) is 0 Å². The fraction of sp³-hybridized carbons (Fsp3) is 0.214. The number of nitrogens with one attached hydrogen (secondary N) is 2. The summed E-state index contributed by atoms with van der Waals surface area (Å²) in [7, 11) is 0. The first kappa shape index (κ1) is 21.8. The minimum atomic E-state index is 0.266. The number of aromatic hydroxyl groups is 1. The van der Waals surface area contributed by atoms with Crippen LogP contribution in [0.4, 0.5) is 17.5 Å². The van der Waals surface area contributed by atoms with E-state index in [1.165, 1.54) is 11.1 Å². The quantitative estimate of drug-likeness (QED) is 0.280. The standard InChI is InChI=1S/C28H29N5O/c29-28-32-25(18-27(33-28)31-24-16-21-7-1-2-8-22(21)17-24)19-11-13-23(14-12-19)30-15-5-9-20-6-3-4-10-26(20)34/h1-4,6-8,10-14,18,24,30,34H,5,9,15-17H2,(H3,29,31,32,33). The van der Waals surface area contributed by atoms with E-state index >= 15 is 0 Å². The fourth-order valence-corrected chi connectivity index (χ4v) is 4.55. The number of rotatable bonds is 8. The van der Waals surface area contributed by atoms with Gasteiger partial charge in [-0.3, -0.25) is 0 Å². The van der Waals surface area contributed by atoms with Crippen LogP contribution in [-0.2, 0) is 19.3 Å². The molecule has 0 amide bonds. The van der Waals surface area contributed by atoms with Crippen LogP contribution in [0, 0.1) is 0 Å². The molecule has 0 atom stereocenters. The minimum Gasteiger partial charge on any atom is -0.508 e. The number of hydrogen-bond acceptors (Lipinski definition) is 6. The number of nitrogens with zero attached hydrogens (tertiary/aromatic N) is 2. The van der Waals surface area contributed by atoms with Gasteiger partial charge in [-0.1, -0.05) is 54.6 Å². The third-order valence-corrected chi connectivity index (χ3v) is 6.27. The van der Waals surface area contributed by atoms with Gasteiger partial charge in [-0.15, -0.1) is 0 Å². The Morgan fingerprint density at radius 3 is 2.32 bits per heavy atom. The maximum atomic E-state index is 9.88. The van der Waals surface area contributed by atoms with E-state index in [4.69, 9.17) is 5.73 Å². The normalized spacial score (nSPS) is 12.9. The van der Waals surface area contributed by atoms with Crippen LogP contribution in [0.1, 0.15) is 23.1 Å². The van der Waals surface area contributed by atoms with E-state index < -0.39 is 0 Å². The molecule has 0 fully saturated rings. The van der Waals surface area contributed by atoms with Gasteiger partial charge in [0.2, 0.25) is 5.95 Å². The van der Waals surface area contributed by atoms with Crippen LogP contribution in [0.2, 0.25) is 0 Å². The van der Waals surface area contributed by atoms with Crippen molar-refractivity contribution in [2.24, 2.45) is 0 Å². The topological polar surface area (TPSA) is 96.1 Å². The lowest BCUT2D eigenvalue weighted by atomic mass is 10.1. The highest BCUT2D eigenvalue weighted by Gasteiger charge is 2.21. The number of aromatic nitrogens is 2. The second-order valence-electron chi connectivity index (χ2n) is 8.75. The molecule has 5 rings (SSSR count). The summed E-state index contributed by atoms with van der Waals surface area (Å²) in [6, 6.07) is 26.5. The smallest absolute Gasteiger partial charge is 0.222 e. The summed E-state index contributed by atoms with van der Waals surface area (Å²) in [5.41, 5.74) is 12.6. The summed E-state index contributed by atoms with van der Waals surface area (Å²) in [5.74, 6) is 1.39. The van der Waals surface area contributed by atoms with Crippen molar-refractivity contribution in [1.82, 2.24) is 9.97 Å². The van der Waals surface area contributed by atoms with E-state index in [9.17, 15) is 5.11 Å². The molecule has 34 heavy (non-hydrogen) atoms. The number of nitrogen functional groups attached to an aromatic ring is 1. The molecule has 0 aliphatic heterocycles. The van der Waals surface area contributed by atoms with Crippen molar-refractivity contribution in [2.75, 3.05) is 22.9 Å². The summed E-state index contributed by atoms with van der Waals surface area (Å²) in [6.07, 6.45) is 3.74. The number of fused-ring (bicyclic) bond motifs is 1. The molecule has 0 saturated carbocycles. The Hall–Kier alpha value is -4.06. The number of aryl methyl sites for hydroxylation is 1. The van der Waals surface area contributed by atoms with Gasteiger partial charge in [-0.2, -0.15) is 4.98 Å². The number of anilines is 3. The molecular formula is C28H29N5O. The molecule has 1 aliphatic carbocycles. The largest absolute Gasteiger partial charge is 0.508 e. The van der Waals surface area contributed by atoms with Crippen LogP contribution < -0.4 is 16.4 Å². The summed E-state index contributed by atoms with van der Waals surface area (Å²) < 4.78 is 0. The minimum absolute atomic E-state index is 0.266. The zero-order valence-electron chi connectivity index (χ0n) is 19.0. The molecule has 1 heterocycles.